The topological polar surface area (TPSA) is 69.6 Å². The molecule has 0 radical (unpaired) electrons. The Bertz CT molecular complexity index is 390. The lowest BCUT2D eigenvalue weighted by atomic mass is 10.3. The Balaban J connectivity index is 2.33. The molecule has 0 bridgehead atoms. The molecule has 100 valence electrons. The third kappa shape index (κ3) is 4.85. The van der Waals surface area contributed by atoms with Crippen LogP contribution in [-0.4, -0.2) is 48.1 Å². The predicted octanol–water partition coefficient (Wildman–Crippen LogP) is 0.707. The highest BCUT2D eigenvalue weighted by atomic mass is 32.1. The number of carbonyl (C=O) groups is 2. The fourth-order valence-electron chi connectivity index (χ4n) is 1.35. The third-order valence-corrected chi connectivity index (χ3v) is 3.20. The second kappa shape index (κ2) is 7.13. The number of hydrogen-bond donors (Lipinski definition) is 2. The molecule has 0 saturated heterocycles. The normalized spacial score (nSPS) is 11.9. The maximum absolute atomic E-state index is 11.8. The molecule has 0 saturated carbocycles. The SMILES string of the molecule is CC(O)CCNC(=O)CN(C)C(=O)c1cccs1. The number of aliphatic hydroxyl groups excluding tert-OH is 1. The van der Waals surface area contributed by atoms with Crippen molar-refractivity contribution in [1.29, 1.82) is 0 Å². The molecule has 1 heterocycles. The van der Waals surface area contributed by atoms with E-state index >= 15 is 0 Å². The maximum atomic E-state index is 11.8. The number of hydrogen-bond acceptors (Lipinski definition) is 4. The van der Waals surface area contributed by atoms with E-state index < -0.39 is 6.10 Å². The van der Waals surface area contributed by atoms with Crippen LogP contribution in [0, 0.1) is 0 Å². The Morgan fingerprint density at radius 2 is 2.28 bits per heavy atom. The molecule has 0 aliphatic heterocycles. The summed E-state index contributed by atoms with van der Waals surface area (Å²) < 4.78 is 0. The van der Waals surface area contributed by atoms with E-state index in [0.29, 0.717) is 17.8 Å². The van der Waals surface area contributed by atoms with Gasteiger partial charge in [-0.3, -0.25) is 9.59 Å². The first kappa shape index (κ1) is 14.7. The van der Waals surface area contributed by atoms with Crippen molar-refractivity contribution < 1.29 is 14.7 Å². The van der Waals surface area contributed by atoms with Gasteiger partial charge in [0.1, 0.15) is 0 Å². The molecule has 1 aromatic heterocycles. The van der Waals surface area contributed by atoms with Crippen LogP contribution in [0.15, 0.2) is 17.5 Å². The molecule has 1 atom stereocenters. The molecule has 18 heavy (non-hydrogen) atoms. The zero-order valence-corrected chi connectivity index (χ0v) is 11.4. The highest BCUT2D eigenvalue weighted by molar-refractivity contribution is 7.12. The van der Waals surface area contributed by atoms with E-state index in [4.69, 9.17) is 5.11 Å². The smallest absolute Gasteiger partial charge is 0.264 e. The molecule has 1 aromatic rings. The highest BCUT2D eigenvalue weighted by Crippen LogP contribution is 2.10. The summed E-state index contributed by atoms with van der Waals surface area (Å²) in [4.78, 5) is 25.4. The standard InChI is InChI=1S/C12H18N2O3S/c1-9(15)5-6-13-11(16)8-14(2)12(17)10-4-3-7-18-10/h3-4,7,9,15H,5-6,8H2,1-2H3,(H,13,16). The molecule has 0 aliphatic rings. The van der Waals surface area contributed by atoms with Crippen LogP contribution < -0.4 is 5.32 Å². The minimum Gasteiger partial charge on any atom is -0.393 e. The van der Waals surface area contributed by atoms with Gasteiger partial charge in [-0.25, -0.2) is 0 Å². The van der Waals surface area contributed by atoms with E-state index in [9.17, 15) is 9.59 Å². The Labute approximate surface area is 110 Å². The molecule has 0 spiro atoms. The number of thiophene rings is 1. The first-order valence-electron chi connectivity index (χ1n) is 5.74. The Morgan fingerprint density at radius 1 is 1.56 bits per heavy atom. The molecule has 1 unspecified atom stereocenters. The van der Waals surface area contributed by atoms with Crippen molar-refractivity contribution >= 4 is 23.2 Å². The number of aliphatic hydroxyl groups is 1. The predicted molar refractivity (Wildman–Crippen MR) is 70.6 cm³/mol. The lowest BCUT2D eigenvalue weighted by Gasteiger charge is -2.16. The quantitative estimate of drug-likeness (QED) is 0.799. The van der Waals surface area contributed by atoms with Gasteiger partial charge in [0.05, 0.1) is 17.5 Å². The average molecular weight is 270 g/mol. The van der Waals surface area contributed by atoms with Crippen LogP contribution in [0.25, 0.3) is 0 Å². The van der Waals surface area contributed by atoms with Crippen LogP contribution in [0.4, 0.5) is 0 Å². The van der Waals surface area contributed by atoms with E-state index in [1.165, 1.54) is 16.2 Å². The van der Waals surface area contributed by atoms with Crippen LogP contribution in [-0.2, 0) is 4.79 Å². The summed E-state index contributed by atoms with van der Waals surface area (Å²) in [5.41, 5.74) is 0. The molecule has 0 fully saturated rings. The van der Waals surface area contributed by atoms with Gasteiger partial charge in [0, 0.05) is 13.6 Å². The van der Waals surface area contributed by atoms with Crippen molar-refractivity contribution in [3.63, 3.8) is 0 Å². The largest absolute Gasteiger partial charge is 0.393 e. The molecule has 5 nitrogen and oxygen atoms in total. The van der Waals surface area contributed by atoms with Crippen LogP contribution >= 0.6 is 11.3 Å². The highest BCUT2D eigenvalue weighted by Gasteiger charge is 2.15. The summed E-state index contributed by atoms with van der Waals surface area (Å²) in [6.45, 7) is 2.10. The minimum absolute atomic E-state index is 0.0243. The van der Waals surface area contributed by atoms with Gasteiger partial charge in [-0.1, -0.05) is 6.07 Å². The van der Waals surface area contributed by atoms with Crippen molar-refractivity contribution in [2.45, 2.75) is 19.4 Å². The van der Waals surface area contributed by atoms with Gasteiger partial charge in [-0.15, -0.1) is 11.3 Å². The van der Waals surface area contributed by atoms with E-state index in [1.807, 2.05) is 5.38 Å². The Hall–Kier alpha value is -1.40. The molecular weight excluding hydrogens is 252 g/mol. The molecule has 0 aliphatic carbocycles. The first-order chi connectivity index (χ1) is 8.50. The number of carbonyl (C=O) groups excluding carboxylic acids is 2. The number of nitrogens with zero attached hydrogens (tertiary/aromatic N) is 1. The van der Waals surface area contributed by atoms with E-state index in [0.717, 1.165) is 0 Å². The molecule has 2 amide bonds. The fourth-order valence-corrected chi connectivity index (χ4v) is 2.07. The monoisotopic (exact) mass is 270 g/mol. The molecule has 0 aromatic carbocycles. The molecular formula is C12H18N2O3S. The molecule has 1 rings (SSSR count). The van der Waals surface area contributed by atoms with Gasteiger partial charge in [-0.2, -0.15) is 0 Å². The lowest BCUT2D eigenvalue weighted by Crippen LogP contribution is -2.38. The number of likely N-dealkylation sites (N-methyl/N-ethyl adjacent to an activating group) is 1. The number of rotatable bonds is 6. The molecule has 6 heteroatoms. The summed E-state index contributed by atoms with van der Waals surface area (Å²) in [6, 6.07) is 3.53. The summed E-state index contributed by atoms with van der Waals surface area (Å²) in [5.74, 6) is -0.376. The summed E-state index contributed by atoms with van der Waals surface area (Å²) in [6.07, 6.45) is 0.0738. The third-order valence-electron chi connectivity index (χ3n) is 2.34. The van der Waals surface area contributed by atoms with E-state index in [-0.39, 0.29) is 18.4 Å². The zero-order chi connectivity index (χ0) is 13.5. The van der Waals surface area contributed by atoms with Crippen molar-refractivity contribution in [1.82, 2.24) is 10.2 Å². The summed E-state index contributed by atoms with van der Waals surface area (Å²) in [5, 5.41) is 13.5. The Morgan fingerprint density at radius 3 is 2.83 bits per heavy atom. The van der Waals surface area contributed by atoms with Gasteiger partial charge < -0.3 is 15.3 Å². The van der Waals surface area contributed by atoms with Crippen LogP contribution in [0.2, 0.25) is 0 Å². The zero-order valence-electron chi connectivity index (χ0n) is 10.5. The second-order valence-corrected chi connectivity index (χ2v) is 5.07. The van der Waals surface area contributed by atoms with Gasteiger partial charge >= 0.3 is 0 Å². The lowest BCUT2D eigenvalue weighted by molar-refractivity contribution is -0.121. The van der Waals surface area contributed by atoms with Gasteiger partial charge in [0.2, 0.25) is 5.91 Å². The van der Waals surface area contributed by atoms with E-state index in [2.05, 4.69) is 5.32 Å². The van der Waals surface area contributed by atoms with Crippen molar-refractivity contribution in [3.8, 4) is 0 Å². The summed E-state index contributed by atoms with van der Waals surface area (Å²) >= 11 is 1.35. The average Bonchev–Trinajstić information content (AvgIpc) is 2.80. The van der Waals surface area contributed by atoms with Crippen molar-refractivity contribution in [2.75, 3.05) is 20.1 Å². The fraction of sp³-hybridized carbons (Fsp3) is 0.500. The molecule has 2 N–H and O–H groups in total. The second-order valence-electron chi connectivity index (χ2n) is 4.13. The first-order valence-corrected chi connectivity index (χ1v) is 6.62. The van der Waals surface area contributed by atoms with Crippen molar-refractivity contribution in [2.24, 2.45) is 0 Å². The van der Waals surface area contributed by atoms with E-state index in [1.54, 1.807) is 26.1 Å². The van der Waals surface area contributed by atoms with Crippen LogP contribution in [0.1, 0.15) is 23.0 Å². The number of nitrogens with one attached hydrogen (secondary N) is 1. The summed E-state index contributed by atoms with van der Waals surface area (Å²) in [7, 11) is 1.59. The van der Waals surface area contributed by atoms with Crippen molar-refractivity contribution in [3.05, 3.63) is 22.4 Å². The van der Waals surface area contributed by atoms with Gasteiger partial charge in [0.15, 0.2) is 0 Å². The van der Waals surface area contributed by atoms with Gasteiger partial charge in [-0.05, 0) is 24.8 Å². The van der Waals surface area contributed by atoms with Crippen LogP contribution in [0.5, 0.6) is 0 Å². The maximum Gasteiger partial charge on any atom is 0.264 e. The number of amides is 2. The van der Waals surface area contributed by atoms with Crippen LogP contribution in [0.3, 0.4) is 0 Å². The Kier molecular flexibility index (Phi) is 5.80. The van der Waals surface area contributed by atoms with Gasteiger partial charge in [0.25, 0.3) is 5.91 Å². The minimum atomic E-state index is -0.434.